The number of halogens is 3. The highest BCUT2D eigenvalue weighted by atomic mass is 19.4. The van der Waals surface area contributed by atoms with E-state index in [1.54, 1.807) is 0 Å². The molecule has 1 saturated heterocycles. The molecule has 1 atom stereocenters. The molecule has 1 fully saturated rings. The lowest BCUT2D eigenvalue weighted by Gasteiger charge is -2.34. The van der Waals surface area contributed by atoms with Crippen molar-refractivity contribution >= 4 is 11.9 Å². The summed E-state index contributed by atoms with van der Waals surface area (Å²) in [6.45, 7) is -0.365. The van der Waals surface area contributed by atoms with Gasteiger partial charge in [0.05, 0.1) is 12.1 Å². The standard InChI is InChI=1S/C17H18F3NO5/c18-17(19,20)14-9-26-13-7-11(16(23)24)1-2-12(13)8-21(14)15(22)10-3-5-25-6-4-10/h1-2,7,10,14H,3-6,8-9H2,(H,23,24). The van der Waals surface area contributed by atoms with Gasteiger partial charge in [0.2, 0.25) is 5.91 Å². The van der Waals surface area contributed by atoms with Crippen LogP contribution in [-0.2, 0) is 16.1 Å². The summed E-state index contributed by atoms with van der Waals surface area (Å²) in [5, 5.41) is 9.04. The van der Waals surface area contributed by atoms with Gasteiger partial charge in [-0.1, -0.05) is 6.07 Å². The van der Waals surface area contributed by atoms with Crippen molar-refractivity contribution in [2.24, 2.45) is 5.92 Å². The number of carboxylic acid groups (broad SMARTS) is 1. The summed E-state index contributed by atoms with van der Waals surface area (Å²) < 4.78 is 51.0. The van der Waals surface area contributed by atoms with Gasteiger partial charge in [0.15, 0.2) is 6.04 Å². The molecule has 0 aromatic heterocycles. The first-order chi connectivity index (χ1) is 12.3. The molecule has 0 radical (unpaired) electrons. The first-order valence-electron chi connectivity index (χ1n) is 8.21. The summed E-state index contributed by atoms with van der Waals surface area (Å²) in [6.07, 6.45) is -3.89. The lowest BCUT2D eigenvalue weighted by atomic mass is 9.97. The van der Waals surface area contributed by atoms with Gasteiger partial charge in [-0.3, -0.25) is 4.79 Å². The van der Waals surface area contributed by atoms with Gasteiger partial charge in [-0.25, -0.2) is 4.79 Å². The van der Waals surface area contributed by atoms with E-state index in [1.165, 1.54) is 18.2 Å². The van der Waals surface area contributed by atoms with Crippen LogP contribution in [0.1, 0.15) is 28.8 Å². The molecule has 9 heteroatoms. The predicted octanol–water partition coefficient (Wildman–Crippen LogP) is 2.46. The molecule has 1 aromatic carbocycles. The number of nitrogens with zero attached hydrogens (tertiary/aromatic N) is 1. The summed E-state index contributed by atoms with van der Waals surface area (Å²) >= 11 is 0. The number of carboxylic acids is 1. The van der Waals surface area contributed by atoms with Crippen LogP contribution in [0.3, 0.4) is 0 Å². The van der Waals surface area contributed by atoms with Crippen LogP contribution >= 0.6 is 0 Å². The quantitative estimate of drug-likeness (QED) is 0.862. The highest BCUT2D eigenvalue weighted by molar-refractivity contribution is 5.88. The third kappa shape index (κ3) is 3.77. The van der Waals surface area contributed by atoms with E-state index in [0.717, 1.165) is 4.90 Å². The molecular weight excluding hydrogens is 355 g/mol. The van der Waals surface area contributed by atoms with Crippen LogP contribution in [-0.4, -0.2) is 53.9 Å². The lowest BCUT2D eigenvalue weighted by Crippen LogP contribution is -2.52. The van der Waals surface area contributed by atoms with E-state index in [4.69, 9.17) is 14.6 Å². The maximum Gasteiger partial charge on any atom is 0.412 e. The SMILES string of the molecule is O=C(O)c1ccc2c(c1)OCC(C(F)(F)F)N(C(=O)C1CCOCC1)C2. The molecule has 1 aromatic rings. The largest absolute Gasteiger partial charge is 0.491 e. The van der Waals surface area contributed by atoms with Crippen molar-refractivity contribution in [1.29, 1.82) is 0 Å². The fourth-order valence-electron chi connectivity index (χ4n) is 3.19. The second-order valence-electron chi connectivity index (χ2n) is 6.35. The number of hydrogen-bond acceptors (Lipinski definition) is 4. The van der Waals surface area contributed by atoms with E-state index in [9.17, 15) is 22.8 Å². The number of rotatable bonds is 2. The van der Waals surface area contributed by atoms with E-state index in [-0.39, 0.29) is 17.9 Å². The van der Waals surface area contributed by atoms with Gasteiger partial charge in [0.25, 0.3) is 0 Å². The van der Waals surface area contributed by atoms with Crippen molar-refractivity contribution in [3.63, 3.8) is 0 Å². The monoisotopic (exact) mass is 373 g/mol. The molecule has 26 heavy (non-hydrogen) atoms. The Morgan fingerprint density at radius 1 is 1.19 bits per heavy atom. The zero-order chi connectivity index (χ0) is 18.9. The second kappa shape index (κ2) is 7.14. The van der Waals surface area contributed by atoms with Crippen molar-refractivity contribution in [1.82, 2.24) is 4.90 Å². The minimum atomic E-state index is -4.65. The molecule has 0 aliphatic carbocycles. The maximum absolute atomic E-state index is 13.5. The third-order valence-corrected chi connectivity index (χ3v) is 4.66. The molecule has 2 aliphatic rings. The number of carbonyl (C=O) groups is 2. The molecule has 1 unspecified atom stereocenters. The van der Waals surface area contributed by atoms with Gasteiger partial charge in [-0.15, -0.1) is 0 Å². The van der Waals surface area contributed by atoms with Gasteiger partial charge in [0, 0.05) is 24.7 Å². The minimum absolute atomic E-state index is 0.0569. The average molecular weight is 373 g/mol. The first kappa shape index (κ1) is 18.5. The van der Waals surface area contributed by atoms with Crippen LogP contribution in [0.25, 0.3) is 0 Å². The molecule has 0 spiro atoms. The lowest BCUT2D eigenvalue weighted by molar-refractivity contribution is -0.198. The highest BCUT2D eigenvalue weighted by Gasteiger charge is 2.48. The van der Waals surface area contributed by atoms with Crippen LogP contribution in [0.4, 0.5) is 13.2 Å². The van der Waals surface area contributed by atoms with E-state index in [1.807, 2.05) is 0 Å². The minimum Gasteiger partial charge on any atom is -0.491 e. The molecule has 2 heterocycles. The Labute approximate surface area is 147 Å². The first-order valence-corrected chi connectivity index (χ1v) is 8.21. The molecule has 0 bridgehead atoms. The topological polar surface area (TPSA) is 76.1 Å². The summed E-state index contributed by atoms with van der Waals surface area (Å²) in [5.74, 6) is -2.24. The van der Waals surface area contributed by atoms with Crippen molar-refractivity contribution in [3.8, 4) is 5.75 Å². The number of benzene rings is 1. The zero-order valence-corrected chi connectivity index (χ0v) is 13.8. The Balaban J connectivity index is 1.92. The summed E-state index contributed by atoms with van der Waals surface area (Å²) in [4.78, 5) is 24.6. The Bertz CT molecular complexity index is 700. The average Bonchev–Trinajstić information content (AvgIpc) is 2.80. The van der Waals surface area contributed by atoms with Crippen molar-refractivity contribution in [2.75, 3.05) is 19.8 Å². The molecule has 1 amide bonds. The van der Waals surface area contributed by atoms with Gasteiger partial charge < -0.3 is 19.5 Å². The molecule has 2 aliphatic heterocycles. The fourth-order valence-corrected chi connectivity index (χ4v) is 3.19. The summed E-state index contributed by atoms with van der Waals surface area (Å²) in [7, 11) is 0. The second-order valence-corrected chi connectivity index (χ2v) is 6.35. The Hall–Kier alpha value is -2.29. The van der Waals surface area contributed by atoms with Crippen LogP contribution < -0.4 is 4.74 Å². The number of alkyl halides is 3. The molecule has 142 valence electrons. The maximum atomic E-state index is 13.5. The zero-order valence-electron chi connectivity index (χ0n) is 13.8. The van der Waals surface area contributed by atoms with Crippen LogP contribution in [0.15, 0.2) is 18.2 Å². The van der Waals surface area contributed by atoms with Crippen LogP contribution in [0.5, 0.6) is 5.75 Å². The number of fused-ring (bicyclic) bond motifs is 1. The van der Waals surface area contributed by atoms with Gasteiger partial charge in [-0.2, -0.15) is 13.2 Å². The molecular formula is C17H18F3NO5. The fraction of sp³-hybridized carbons (Fsp3) is 0.529. The molecule has 0 saturated carbocycles. The van der Waals surface area contributed by atoms with Crippen LogP contribution in [0.2, 0.25) is 0 Å². The molecule has 1 N–H and O–H groups in total. The Morgan fingerprint density at radius 2 is 1.88 bits per heavy atom. The van der Waals surface area contributed by atoms with Gasteiger partial charge >= 0.3 is 12.1 Å². The number of amides is 1. The predicted molar refractivity (Wildman–Crippen MR) is 82.8 cm³/mol. The van der Waals surface area contributed by atoms with Crippen LogP contribution in [0, 0.1) is 5.92 Å². The number of carbonyl (C=O) groups excluding carboxylic acids is 1. The van der Waals surface area contributed by atoms with Crippen molar-refractivity contribution < 1.29 is 37.3 Å². The number of hydrogen-bond donors (Lipinski definition) is 1. The molecule has 3 rings (SSSR count). The van der Waals surface area contributed by atoms with E-state index >= 15 is 0 Å². The number of ether oxygens (including phenoxy) is 2. The van der Waals surface area contributed by atoms with E-state index < -0.39 is 36.6 Å². The van der Waals surface area contributed by atoms with Gasteiger partial charge in [0.1, 0.15) is 12.4 Å². The van der Waals surface area contributed by atoms with Gasteiger partial charge in [-0.05, 0) is 25.0 Å². The Kier molecular flexibility index (Phi) is 5.08. The third-order valence-electron chi connectivity index (χ3n) is 4.66. The smallest absolute Gasteiger partial charge is 0.412 e. The van der Waals surface area contributed by atoms with Crippen molar-refractivity contribution in [3.05, 3.63) is 29.3 Å². The van der Waals surface area contributed by atoms with E-state index in [2.05, 4.69) is 0 Å². The summed E-state index contributed by atoms with van der Waals surface area (Å²) in [6, 6.07) is 1.78. The van der Waals surface area contributed by atoms with Crippen molar-refractivity contribution in [2.45, 2.75) is 31.6 Å². The Morgan fingerprint density at radius 3 is 2.50 bits per heavy atom. The molecule has 6 nitrogen and oxygen atoms in total. The normalized spacial score (nSPS) is 21.5. The van der Waals surface area contributed by atoms with E-state index in [0.29, 0.717) is 31.6 Å². The highest BCUT2D eigenvalue weighted by Crippen LogP contribution is 2.34. The number of aromatic carboxylic acids is 1. The summed E-state index contributed by atoms with van der Waals surface area (Å²) in [5.41, 5.74) is 0.263.